The van der Waals surface area contributed by atoms with E-state index < -0.39 is 6.10 Å². The van der Waals surface area contributed by atoms with Crippen molar-refractivity contribution < 1.29 is 13.9 Å². The van der Waals surface area contributed by atoms with Crippen molar-refractivity contribution >= 4 is 23.2 Å². The van der Waals surface area contributed by atoms with E-state index in [1.807, 2.05) is 12.1 Å². The predicted molar refractivity (Wildman–Crippen MR) is 84.0 cm³/mol. The van der Waals surface area contributed by atoms with E-state index in [4.69, 9.17) is 16.3 Å². The summed E-state index contributed by atoms with van der Waals surface area (Å²) in [6.45, 7) is 2.31. The molecule has 3 rings (SSSR count). The zero-order chi connectivity index (χ0) is 15.7. The quantitative estimate of drug-likeness (QED) is 0.860. The Labute approximate surface area is 133 Å². The van der Waals surface area contributed by atoms with Gasteiger partial charge in [0.1, 0.15) is 11.6 Å². The summed E-state index contributed by atoms with van der Waals surface area (Å²) in [6, 6.07) is 11.1. The Morgan fingerprint density at radius 3 is 2.73 bits per heavy atom. The summed E-state index contributed by atoms with van der Waals surface area (Å²) in [7, 11) is 0. The Balaban J connectivity index is 1.73. The minimum absolute atomic E-state index is 0.120. The van der Waals surface area contributed by atoms with Crippen LogP contribution < -0.4 is 9.64 Å². The molecular formula is C17H15ClFNO2. The molecule has 1 aliphatic heterocycles. The number of anilines is 1. The van der Waals surface area contributed by atoms with E-state index in [0.29, 0.717) is 17.3 Å². The van der Waals surface area contributed by atoms with Crippen molar-refractivity contribution in [3.8, 4) is 5.75 Å². The van der Waals surface area contributed by atoms with Gasteiger partial charge in [-0.05, 0) is 61.4 Å². The highest BCUT2D eigenvalue weighted by molar-refractivity contribution is 6.30. The lowest BCUT2D eigenvalue weighted by atomic mass is 10.2. The van der Waals surface area contributed by atoms with Crippen molar-refractivity contribution in [1.29, 1.82) is 0 Å². The van der Waals surface area contributed by atoms with Crippen LogP contribution in [0.1, 0.15) is 12.5 Å². The van der Waals surface area contributed by atoms with Gasteiger partial charge in [-0.1, -0.05) is 11.6 Å². The van der Waals surface area contributed by atoms with Gasteiger partial charge in [0.05, 0.1) is 0 Å². The van der Waals surface area contributed by atoms with Crippen LogP contribution in [0.5, 0.6) is 5.75 Å². The second-order valence-corrected chi connectivity index (χ2v) is 5.66. The number of hydrogen-bond donors (Lipinski definition) is 0. The van der Waals surface area contributed by atoms with Crippen LogP contribution in [0.2, 0.25) is 5.02 Å². The Morgan fingerprint density at radius 2 is 2.00 bits per heavy atom. The first-order valence-corrected chi connectivity index (χ1v) is 7.44. The van der Waals surface area contributed by atoms with Crippen molar-refractivity contribution in [2.45, 2.75) is 19.4 Å². The van der Waals surface area contributed by atoms with Gasteiger partial charge in [0.25, 0.3) is 5.91 Å². The summed E-state index contributed by atoms with van der Waals surface area (Å²) in [6.07, 6.45) is 0.136. The number of halogens is 2. The van der Waals surface area contributed by atoms with Gasteiger partial charge in [0, 0.05) is 17.3 Å². The largest absolute Gasteiger partial charge is 0.481 e. The van der Waals surface area contributed by atoms with Gasteiger partial charge in [-0.15, -0.1) is 0 Å². The third-order valence-corrected chi connectivity index (χ3v) is 3.91. The number of fused-ring (bicyclic) bond motifs is 1. The maximum absolute atomic E-state index is 12.9. The van der Waals surface area contributed by atoms with Gasteiger partial charge in [0.2, 0.25) is 0 Å². The lowest BCUT2D eigenvalue weighted by Gasteiger charge is -2.22. The number of amides is 1. The van der Waals surface area contributed by atoms with Gasteiger partial charge in [0.15, 0.2) is 6.10 Å². The SMILES string of the molecule is CC(Oc1ccc(F)cc1)C(=O)N1CCc2cc(Cl)ccc21. The third kappa shape index (κ3) is 2.92. The zero-order valence-corrected chi connectivity index (χ0v) is 12.8. The Hall–Kier alpha value is -2.07. The number of carbonyl (C=O) groups excluding carboxylic acids is 1. The summed E-state index contributed by atoms with van der Waals surface area (Å²) < 4.78 is 18.5. The molecule has 1 unspecified atom stereocenters. The van der Waals surface area contributed by atoms with E-state index in [-0.39, 0.29) is 11.7 Å². The molecule has 0 spiro atoms. The molecular weight excluding hydrogens is 305 g/mol. The molecule has 114 valence electrons. The van der Waals surface area contributed by atoms with E-state index in [0.717, 1.165) is 17.7 Å². The minimum Gasteiger partial charge on any atom is -0.481 e. The molecule has 2 aromatic rings. The third-order valence-electron chi connectivity index (χ3n) is 3.68. The highest BCUT2D eigenvalue weighted by Gasteiger charge is 2.29. The lowest BCUT2D eigenvalue weighted by molar-refractivity contribution is -0.124. The van der Waals surface area contributed by atoms with Crippen LogP contribution in [0.25, 0.3) is 0 Å². The zero-order valence-electron chi connectivity index (χ0n) is 12.1. The molecule has 0 saturated carbocycles. The summed E-state index contributed by atoms with van der Waals surface area (Å²) >= 11 is 5.97. The molecule has 1 heterocycles. The van der Waals surface area contributed by atoms with Crippen molar-refractivity contribution in [1.82, 2.24) is 0 Å². The average molecular weight is 320 g/mol. The van der Waals surface area contributed by atoms with E-state index in [1.54, 1.807) is 17.9 Å². The number of nitrogens with zero attached hydrogens (tertiary/aromatic N) is 1. The van der Waals surface area contributed by atoms with Crippen molar-refractivity contribution in [3.05, 3.63) is 58.9 Å². The molecule has 22 heavy (non-hydrogen) atoms. The average Bonchev–Trinajstić information content (AvgIpc) is 2.91. The maximum atomic E-state index is 12.9. The van der Waals surface area contributed by atoms with E-state index in [2.05, 4.69) is 0 Å². The summed E-state index contributed by atoms with van der Waals surface area (Å²) in [4.78, 5) is 14.3. The first-order chi connectivity index (χ1) is 10.5. The van der Waals surface area contributed by atoms with Crippen LogP contribution in [0.15, 0.2) is 42.5 Å². The number of ether oxygens (including phenoxy) is 1. The molecule has 0 aromatic heterocycles. The standard InChI is InChI=1S/C17H15ClFNO2/c1-11(22-15-5-3-14(19)4-6-15)17(21)20-9-8-12-10-13(18)2-7-16(12)20/h2-7,10-11H,8-9H2,1H3. The smallest absolute Gasteiger partial charge is 0.267 e. The van der Waals surface area contributed by atoms with Crippen molar-refractivity contribution in [2.24, 2.45) is 0 Å². The van der Waals surface area contributed by atoms with Gasteiger partial charge in [-0.3, -0.25) is 4.79 Å². The Kier molecular flexibility index (Phi) is 4.03. The lowest BCUT2D eigenvalue weighted by Crippen LogP contribution is -2.39. The molecule has 0 saturated heterocycles. The molecule has 0 N–H and O–H groups in total. The highest BCUT2D eigenvalue weighted by Crippen LogP contribution is 2.31. The van der Waals surface area contributed by atoms with Gasteiger partial charge in [-0.2, -0.15) is 0 Å². The van der Waals surface area contributed by atoms with E-state index >= 15 is 0 Å². The molecule has 1 aliphatic rings. The van der Waals surface area contributed by atoms with Crippen LogP contribution in [-0.2, 0) is 11.2 Å². The second kappa shape index (κ2) is 5.97. The molecule has 1 amide bonds. The Bertz CT molecular complexity index is 702. The van der Waals surface area contributed by atoms with Crippen LogP contribution in [0.4, 0.5) is 10.1 Å². The van der Waals surface area contributed by atoms with Crippen molar-refractivity contribution in [3.63, 3.8) is 0 Å². The molecule has 0 radical (unpaired) electrons. The first kappa shape index (κ1) is 14.9. The van der Waals surface area contributed by atoms with Crippen LogP contribution >= 0.6 is 11.6 Å². The maximum Gasteiger partial charge on any atom is 0.267 e. The Morgan fingerprint density at radius 1 is 1.27 bits per heavy atom. The van der Waals surface area contributed by atoms with Gasteiger partial charge < -0.3 is 9.64 Å². The number of carbonyl (C=O) groups is 1. The fraction of sp³-hybridized carbons (Fsp3) is 0.235. The predicted octanol–water partition coefficient (Wildman–Crippen LogP) is 3.84. The second-order valence-electron chi connectivity index (χ2n) is 5.23. The number of benzene rings is 2. The molecule has 3 nitrogen and oxygen atoms in total. The highest BCUT2D eigenvalue weighted by atomic mass is 35.5. The number of rotatable bonds is 3. The summed E-state index contributed by atoms with van der Waals surface area (Å²) in [5.41, 5.74) is 1.94. The van der Waals surface area contributed by atoms with Crippen LogP contribution in [-0.4, -0.2) is 18.6 Å². The fourth-order valence-electron chi connectivity index (χ4n) is 2.59. The molecule has 2 aromatic carbocycles. The monoisotopic (exact) mass is 319 g/mol. The molecule has 1 atom stereocenters. The van der Waals surface area contributed by atoms with E-state index in [9.17, 15) is 9.18 Å². The van der Waals surface area contributed by atoms with Crippen LogP contribution in [0, 0.1) is 5.82 Å². The molecule has 0 fully saturated rings. The van der Waals surface area contributed by atoms with Gasteiger partial charge in [-0.25, -0.2) is 4.39 Å². The molecule has 0 aliphatic carbocycles. The first-order valence-electron chi connectivity index (χ1n) is 7.06. The summed E-state index contributed by atoms with van der Waals surface area (Å²) in [5.74, 6) is 0.0138. The fourth-order valence-corrected chi connectivity index (χ4v) is 2.78. The van der Waals surface area contributed by atoms with Crippen molar-refractivity contribution in [2.75, 3.05) is 11.4 Å². The topological polar surface area (TPSA) is 29.5 Å². The molecule has 5 heteroatoms. The van der Waals surface area contributed by atoms with Gasteiger partial charge >= 0.3 is 0 Å². The van der Waals surface area contributed by atoms with E-state index in [1.165, 1.54) is 24.3 Å². The summed E-state index contributed by atoms with van der Waals surface area (Å²) in [5, 5.41) is 0.670. The molecule has 0 bridgehead atoms. The minimum atomic E-state index is -0.646. The van der Waals surface area contributed by atoms with Crippen LogP contribution in [0.3, 0.4) is 0 Å². The normalized spacial score (nSPS) is 14.6. The number of hydrogen-bond acceptors (Lipinski definition) is 2.